The smallest absolute Gasteiger partial charge is 0.419 e. The molecule has 7 heterocycles. The molecule has 4 amide bonds. The quantitative estimate of drug-likeness (QED) is 0.0650. The van der Waals surface area contributed by atoms with E-state index in [4.69, 9.17) is 38.9 Å². The van der Waals surface area contributed by atoms with E-state index in [1.807, 2.05) is 43.4 Å². The number of alkyl carbamates (subject to hydrolysis) is 2. The minimum Gasteiger partial charge on any atom is -0.461 e. The summed E-state index contributed by atoms with van der Waals surface area (Å²) in [6.07, 6.45) is 9.12. The van der Waals surface area contributed by atoms with Gasteiger partial charge in [-0.1, -0.05) is 21.3 Å². The van der Waals surface area contributed by atoms with Gasteiger partial charge >= 0.3 is 36.3 Å². The normalized spacial score (nSPS) is 16.3. The van der Waals surface area contributed by atoms with Crippen LogP contribution in [0.25, 0.3) is 22.1 Å². The molecule has 466 valence electrons. The molecule has 2 aliphatic heterocycles. The molecule has 30 heteroatoms. The van der Waals surface area contributed by atoms with Crippen molar-refractivity contribution >= 4 is 81.8 Å². The molecule has 0 bridgehead atoms. The monoisotopic (exact) mass is 1200 g/mol. The fraction of sp³-hybridized carbons (Fsp3) is 0.554. The second-order valence-electron chi connectivity index (χ2n) is 21.6. The lowest BCUT2D eigenvalue weighted by atomic mass is 9.92. The maximum absolute atomic E-state index is 12.7. The molecular weight excluding hydrogens is 1120 g/mol. The highest BCUT2D eigenvalue weighted by atomic mass is 16.6. The number of hydrogen-bond donors (Lipinski definition) is 3. The van der Waals surface area contributed by atoms with Crippen LogP contribution in [0.5, 0.6) is 0 Å². The van der Waals surface area contributed by atoms with E-state index in [-0.39, 0.29) is 89.6 Å². The van der Waals surface area contributed by atoms with Gasteiger partial charge in [0.25, 0.3) is 0 Å². The molecule has 3 N–H and O–H groups in total. The molecule has 2 fully saturated rings. The van der Waals surface area contributed by atoms with Crippen molar-refractivity contribution in [1.82, 2.24) is 59.5 Å². The number of nitrogens with one attached hydrogen (secondary N) is 3. The van der Waals surface area contributed by atoms with E-state index in [1.54, 1.807) is 63.7 Å². The molecule has 30 nitrogen and oxygen atoms in total. The van der Waals surface area contributed by atoms with E-state index in [2.05, 4.69) is 59.3 Å². The minimum atomic E-state index is -0.745. The number of aromatic nitrogens is 8. The summed E-state index contributed by atoms with van der Waals surface area (Å²) in [4.78, 5) is 126. The second kappa shape index (κ2) is 32.4. The fourth-order valence-electron chi connectivity index (χ4n) is 8.84. The maximum atomic E-state index is 12.7. The van der Waals surface area contributed by atoms with Crippen LogP contribution >= 0.6 is 0 Å². The van der Waals surface area contributed by atoms with Crippen molar-refractivity contribution in [3.05, 3.63) is 55.9 Å². The lowest BCUT2D eigenvalue weighted by Gasteiger charge is -2.42. The van der Waals surface area contributed by atoms with Crippen molar-refractivity contribution in [2.45, 2.75) is 112 Å². The Kier molecular flexibility index (Phi) is 26.0. The number of nitriles is 2. The number of rotatable bonds is 16. The van der Waals surface area contributed by atoms with Gasteiger partial charge in [-0.25, -0.2) is 53.2 Å². The molecule has 2 aliphatic rings. The van der Waals surface area contributed by atoms with Crippen molar-refractivity contribution in [3.8, 4) is 12.1 Å². The Hall–Kier alpha value is -9.61. The van der Waals surface area contributed by atoms with Crippen molar-refractivity contribution in [2.24, 2.45) is 11.8 Å². The Morgan fingerprint density at radius 2 is 1.14 bits per heavy atom. The number of anilines is 2. The molecule has 0 unspecified atom stereocenters. The Morgan fingerprint density at radius 1 is 0.663 bits per heavy atom. The number of fused-ring (bicyclic) bond motifs is 2. The average Bonchev–Trinajstić information content (AvgIpc) is 2.10. The number of carbonyl (C=O) groups excluding carboxylic acids is 8. The molecule has 0 radical (unpaired) electrons. The molecule has 5 aromatic heterocycles. The van der Waals surface area contributed by atoms with Crippen molar-refractivity contribution < 1.29 is 66.8 Å². The fourth-order valence-corrected chi connectivity index (χ4v) is 8.84. The summed E-state index contributed by atoms with van der Waals surface area (Å²) in [6, 6.07) is 7.64. The van der Waals surface area contributed by atoms with E-state index in [9.17, 15) is 38.4 Å². The molecular formula is C56H78N16O14. The highest BCUT2D eigenvalue weighted by Gasteiger charge is 2.35. The average molecular weight is 1200 g/mol. The number of likely N-dealkylation sites (tertiary alicyclic amines) is 2. The van der Waals surface area contributed by atoms with Gasteiger partial charge in [-0.3, -0.25) is 19.2 Å². The molecule has 0 aromatic carbocycles. The zero-order valence-electron chi connectivity index (χ0n) is 49.4. The van der Waals surface area contributed by atoms with Crippen molar-refractivity contribution in [1.29, 1.82) is 10.5 Å². The molecule has 0 aliphatic carbocycles. The molecule has 0 saturated carbocycles. The topological polar surface area (TPSA) is 367 Å². The predicted molar refractivity (Wildman–Crippen MR) is 310 cm³/mol. The van der Waals surface area contributed by atoms with Gasteiger partial charge in [0, 0.05) is 65.1 Å². The van der Waals surface area contributed by atoms with Gasteiger partial charge in [-0.05, 0) is 78.4 Å². The number of piperidine rings is 2. The molecule has 7 rings (SSSR count). The highest BCUT2D eigenvalue weighted by molar-refractivity contribution is 5.93. The number of likely N-dealkylation sites (N-methyl/N-ethyl adjacent to an activating group) is 2. The number of ether oxygens (including phenoxy) is 6. The van der Waals surface area contributed by atoms with E-state index in [0.717, 1.165) is 40.8 Å². The third-order valence-electron chi connectivity index (χ3n) is 13.1. The van der Waals surface area contributed by atoms with E-state index >= 15 is 0 Å². The third kappa shape index (κ3) is 20.9. The first-order valence-corrected chi connectivity index (χ1v) is 27.2. The van der Waals surface area contributed by atoms with Gasteiger partial charge in [0.1, 0.15) is 99.8 Å². The van der Waals surface area contributed by atoms with Gasteiger partial charge in [-0.15, -0.1) is 0 Å². The molecule has 5 aromatic rings. The Labute approximate surface area is 498 Å². The lowest BCUT2D eigenvalue weighted by Crippen LogP contribution is -2.52. The number of hydrogen-bond acceptors (Lipinski definition) is 23. The SMILES string of the molecule is C.CC(C)(C)OC(=O)NCC(=O)OCCOC(=O)n1ccnc1.C[C@@H]1CCN(C(=O)CC#N)C[C@@H]1N(C)c1ncnc2[nH]ccc12.C[C@@H]1CCN(C(=O)CC#N)C[C@@H]1N(C)c1ncnc2c1ccn2C(=O)OCCOC(=O)CNC(=O)OC(C)(C)C. The summed E-state index contributed by atoms with van der Waals surface area (Å²) in [6.45, 7) is 15.6. The van der Waals surface area contributed by atoms with Gasteiger partial charge < -0.3 is 63.6 Å². The van der Waals surface area contributed by atoms with Crippen LogP contribution in [0.1, 0.15) is 88.5 Å². The zero-order valence-corrected chi connectivity index (χ0v) is 49.4. The van der Waals surface area contributed by atoms with Gasteiger partial charge in [0.15, 0.2) is 5.65 Å². The van der Waals surface area contributed by atoms with Crippen LogP contribution < -0.4 is 20.4 Å². The molecule has 4 atom stereocenters. The first-order valence-electron chi connectivity index (χ1n) is 27.2. The van der Waals surface area contributed by atoms with Gasteiger partial charge in [0.05, 0.1) is 35.0 Å². The zero-order chi connectivity index (χ0) is 62.4. The van der Waals surface area contributed by atoms with Crippen LogP contribution in [-0.4, -0.2) is 200 Å². The first kappa shape index (κ1) is 68.9. The predicted octanol–water partition coefficient (Wildman–Crippen LogP) is 5.19. The Balaban J connectivity index is 0.000000294. The highest BCUT2D eigenvalue weighted by Crippen LogP contribution is 2.31. The number of esters is 2. The number of imidazole rings is 1. The van der Waals surface area contributed by atoms with Crippen LogP contribution in [0.4, 0.5) is 30.8 Å². The number of carbonyl (C=O) groups is 8. The summed E-state index contributed by atoms with van der Waals surface area (Å²) in [5.74, 6) is 0.498. The number of H-pyrrole nitrogens is 1. The largest absolute Gasteiger partial charge is 0.461 e. The first-order chi connectivity index (χ1) is 40.3. The van der Waals surface area contributed by atoms with E-state index in [0.29, 0.717) is 42.4 Å². The van der Waals surface area contributed by atoms with Crippen molar-refractivity contribution in [3.63, 3.8) is 0 Å². The third-order valence-corrected chi connectivity index (χ3v) is 13.1. The van der Waals surface area contributed by atoms with Crippen LogP contribution in [-0.2, 0) is 47.6 Å². The van der Waals surface area contributed by atoms with Crippen molar-refractivity contribution in [2.75, 3.05) is 89.6 Å². The second-order valence-corrected chi connectivity index (χ2v) is 21.6. The molecule has 0 spiro atoms. The van der Waals surface area contributed by atoms with Crippen LogP contribution in [0.15, 0.2) is 55.9 Å². The Morgan fingerprint density at radius 3 is 1.62 bits per heavy atom. The number of nitrogens with zero attached hydrogens (tertiary/aromatic N) is 13. The summed E-state index contributed by atoms with van der Waals surface area (Å²) in [7, 11) is 3.89. The number of amides is 4. The summed E-state index contributed by atoms with van der Waals surface area (Å²) in [5.41, 5.74) is -0.195. The maximum Gasteiger partial charge on any atom is 0.419 e. The van der Waals surface area contributed by atoms with E-state index in [1.165, 1.54) is 35.8 Å². The lowest BCUT2D eigenvalue weighted by molar-refractivity contribution is -0.144. The van der Waals surface area contributed by atoms with Gasteiger partial charge in [-0.2, -0.15) is 10.5 Å². The minimum absolute atomic E-state index is 0. The van der Waals surface area contributed by atoms with Crippen LogP contribution in [0.2, 0.25) is 0 Å². The Bertz CT molecular complexity index is 3180. The van der Waals surface area contributed by atoms with Crippen LogP contribution in [0, 0.1) is 34.5 Å². The molecule has 86 heavy (non-hydrogen) atoms. The molecule has 2 saturated heterocycles. The number of aromatic amines is 1. The standard InChI is InChI=1S/C26H35N7O7.C16H20N6O.C13H19N3O6.CH4/c1-17-7-10-32(20(34)6-9-27)15-19(17)31(5)22-18-8-11-33(23(18)30-16-29-22)25(37)39-13-12-38-21(35)14-28-24(36)40-26(2,3)4;1-11-5-8-22(14(23)3-6-17)9-13(11)21(2)16-12-4-7-18-15(12)19-10-20-16;1-13(2,3)22-11(18)15-8-10(17)20-6-7-21-12(19)16-5-4-14-9-16;/h8,11,16-17,19H,6-7,10,12-15H2,1-5H3,(H,28,36);4,7,10-11,13H,3,5,8-9H2,1-2H3,(H,18,19,20);4-5,9H,6-8H2,1-3H3,(H,15,18);1H4/t17-,19+;11-,13+;;/m11../s1. The van der Waals surface area contributed by atoms with E-state index < -0.39 is 47.5 Å². The van der Waals surface area contributed by atoms with Crippen LogP contribution in [0.3, 0.4) is 0 Å². The summed E-state index contributed by atoms with van der Waals surface area (Å²) in [5, 5.41) is 23.8. The van der Waals surface area contributed by atoms with Gasteiger partial charge in [0.2, 0.25) is 11.8 Å². The summed E-state index contributed by atoms with van der Waals surface area (Å²) < 4.78 is 32.2. The summed E-state index contributed by atoms with van der Waals surface area (Å²) >= 11 is 0.